The van der Waals surface area contributed by atoms with Crippen molar-refractivity contribution < 1.29 is 0 Å². The Morgan fingerprint density at radius 3 is 1.82 bits per heavy atom. The third kappa shape index (κ3) is 5.32. The monoisotopic (exact) mass is 718 g/mol. The number of hydrogen-bond donors (Lipinski definition) is 0. The predicted molar refractivity (Wildman–Crippen MR) is 237 cm³/mol. The second-order valence-electron chi connectivity index (χ2n) is 14.2. The van der Waals surface area contributed by atoms with E-state index in [2.05, 4.69) is 216 Å². The molecule has 11 rings (SSSR count). The molecule has 3 heteroatoms. The molecule has 0 saturated heterocycles. The summed E-state index contributed by atoms with van der Waals surface area (Å²) in [6.45, 7) is 0. The van der Waals surface area contributed by atoms with E-state index >= 15 is 0 Å². The summed E-state index contributed by atoms with van der Waals surface area (Å²) < 4.78 is 5.07. The van der Waals surface area contributed by atoms with E-state index in [9.17, 15) is 0 Å². The first-order valence-corrected chi connectivity index (χ1v) is 19.6. The fourth-order valence-corrected chi connectivity index (χ4v) is 9.47. The molecule has 0 aliphatic rings. The Balaban J connectivity index is 1.10. The maximum atomic E-state index is 2.43. The predicted octanol–water partition coefficient (Wildman–Crippen LogP) is 15.1. The van der Waals surface area contributed by atoms with Crippen molar-refractivity contribution >= 4 is 81.1 Å². The fourth-order valence-electron chi connectivity index (χ4n) is 8.35. The van der Waals surface area contributed by atoms with Gasteiger partial charge in [0, 0.05) is 48.0 Å². The number of fused-ring (bicyclic) bond motifs is 7. The van der Waals surface area contributed by atoms with Crippen molar-refractivity contribution in [2.45, 2.75) is 0 Å². The lowest BCUT2D eigenvalue weighted by molar-refractivity contribution is 1.17. The Hall–Kier alpha value is -6.94. The van der Waals surface area contributed by atoms with E-state index in [1.54, 1.807) is 0 Å². The molecule has 0 radical (unpaired) electrons. The number of rotatable bonds is 6. The molecule has 55 heavy (non-hydrogen) atoms. The van der Waals surface area contributed by atoms with Gasteiger partial charge in [-0.05, 0) is 106 Å². The second-order valence-corrected chi connectivity index (χ2v) is 15.3. The van der Waals surface area contributed by atoms with Crippen molar-refractivity contribution in [3.05, 3.63) is 206 Å². The first kappa shape index (κ1) is 31.6. The van der Waals surface area contributed by atoms with Crippen LogP contribution in [0, 0.1) is 0 Å². The van der Waals surface area contributed by atoms with Crippen molar-refractivity contribution in [2.24, 2.45) is 0 Å². The maximum absolute atomic E-state index is 2.43. The van der Waals surface area contributed by atoms with E-state index in [1.165, 1.54) is 75.0 Å². The number of para-hydroxylation sites is 3. The van der Waals surface area contributed by atoms with E-state index < -0.39 is 0 Å². The van der Waals surface area contributed by atoms with Crippen molar-refractivity contribution in [1.82, 2.24) is 4.57 Å². The Bertz CT molecular complexity index is 3190. The standard InChI is InChI=1S/C52H34N2S/c1-3-13-35(14-4-1)37-17-11-20-43(31-37)53(49-24-12-22-45-44-21-9-10-23-48(44)54(52(45)49)41-18-5-2-6-19-41)42-28-25-36(26-29-42)40-27-30-50-46(33-40)47-32-38-15-7-8-16-39(38)34-51(47)55-50/h1-34H. The van der Waals surface area contributed by atoms with Gasteiger partial charge in [0.15, 0.2) is 0 Å². The maximum Gasteiger partial charge on any atom is 0.0782 e. The third-order valence-corrected chi connectivity index (χ3v) is 12.1. The van der Waals surface area contributed by atoms with Crippen LogP contribution in [0.1, 0.15) is 0 Å². The zero-order valence-electron chi connectivity index (χ0n) is 29.9. The van der Waals surface area contributed by atoms with Crippen molar-refractivity contribution in [1.29, 1.82) is 0 Å². The molecule has 0 aliphatic heterocycles. The molecule has 0 aliphatic carbocycles. The topological polar surface area (TPSA) is 8.17 Å². The average Bonchev–Trinajstić information content (AvgIpc) is 3.79. The van der Waals surface area contributed by atoms with Gasteiger partial charge in [-0.1, -0.05) is 133 Å². The van der Waals surface area contributed by atoms with Crippen molar-refractivity contribution in [2.75, 3.05) is 4.90 Å². The van der Waals surface area contributed by atoms with Gasteiger partial charge in [0.05, 0.1) is 16.7 Å². The van der Waals surface area contributed by atoms with Crippen molar-refractivity contribution in [3.63, 3.8) is 0 Å². The Morgan fingerprint density at radius 2 is 0.982 bits per heavy atom. The summed E-state index contributed by atoms with van der Waals surface area (Å²) in [6.07, 6.45) is 0. The highest BCUT2D eigenvalue weighted by Gasteiger charge is 2.22. The number of hydrogen-bond acceptors (Lipinski definition) is 2. The highest BCUT2D eigenvalue weighted by Crippen LogP contribution is 2.45. The number of nitrogens with zero attached hydrogens (tertiary/aromatic N) is 2. The molecule has 0 unspecified atom stereocenters. The van der Waals surface area contributed by atoms with Gasteiger partial charge >= 0.3 is 0 Å². The van der Waals surface area contributed by atoms with Gasteiger partial charge in [-0.2, -0.15) is 0 Å². The van der Waals surface area contributed by atoms with Crippen LogP contribution in [0.5, 0.6) is 0 Å². The summed E-state index contributed by atoms with van der Waals surface area (Å²) in [6, 6.07) is 75.2. The molecule has 0 saturated carbocycles. The summed E-state index contributed by atoms with van der Waals surface area (Å²) in [7, 11) is 0. The number of aromatic nitrogens is 1. The fraction of sp³-hybridized carbons (Fsp3) is 0. The van der Waals surface area contributed by atoms with Gasteiger partial charge in [0.25, 0.3) is 0 Å². The Morgan fingerprint density at radius 1 is 0.364 bits per heavy atom. The number of anilines is 3. The minimum absolute atomic E-state index is 1.10. The molecule has 11 aromatic rings. The highest BCUT2D eigenvalue weighted by atomic mass is 32.1. The summed E-state index contributed by atoms with van der Waals surface area (Å²) >= 11 is 1.87. The minimum Gasteiger partial charge on any atom is -0.308 e. The summed E-state index contributed by atoms with van der Waals surface area (Å²) in [5, 5.41) is 7.66. The molecule has 258 valence electrons. The number of benzene rings is 9. The van der Waals surface area contributed by atoms with Gasteiger partial charge in [-0.3, -0.25) is 0 Å². The van der Waals surface area contributed by atoms with Crippen LogP contribution in [-0.4, -0.2) is 4.57 Å². The first-order chi connectivity index (χ1) is 27.3. The molecule has 0 spiro atoms. The van der Waals surface area contributed by atoms with Crippen LogP contribution in [0.3, 0.4) is 0 Å². The third-order valence-electron chi connectivity index (χ3n) is 10.9. The van der Waals surface area contributed by atoms with Crippen LogP contribution in [0.25, 0.3) is 80.7 Å². The second kappa shape index (κ2) is 12.9. The van der Waals surface area contributed by atoms with Crippen molar-refractivity contribution in [3.8, 4) is 27.9 Å². The summed E-state index contributed by atoms with van der Waals surface area (Å²) in [5.74, 6) is 0. The molecular formula is C52H34N2S. The van der Waals surface area contributed by atoms with Gasteiger partial charge in [-0.15, -0.1) is 11.3 Å². The van der Waals surface area contributed by atoms with Crippen LogP contribution in [0.2, 0.25) is 0 Å². The molecule has 2 heterocycles. The smallest absolute Gasteiger partial charge is 0.0782 e. The van der Waals surface area contributed by atoms with E-state index in [4.69, 9.17) is 0 Å². The Kier molecular flexibility index (Phi) is 7.39. The lowest BCUT2D eigenvalue weighted by atomic mass is 10.0. The van der Waals surface area contributed by atoms with E-state index in [0.29, 0.717) is 0 Å². The highest BCUT2D eigenvalue weighted by molar-refractivity contribution is 7.25. The largest absolute Gasteiger partial charge is 0.308 e. The van der Waals surface area contributed by atoms with Crippen LogP contribution >= 0.6 is 11.3 Å². The summed E-state index contributed by atoms with van der Waals surface area (Å²) in [5.41, 5.74) is 11.6. The zero-order chi connectivity index (χ0) is 36.3. The quantitative estimate of drug-likeness (QED) is 0.166. The zero-order valence-corrected chi connectivity index (χ0v) is 30.7. The van der Waals surface area contributed by atoms with Crippen LogP contribution in [-0.2, 0) is 0 Å². The molecule has 0 atom stereocenters. The average molecular weight is 719 g/mol. The van der Waals surface area contributed by atoms with Gasteiger partial charge in [0.2, 0.25) is 0 Å². The molecule has 2 nitrogen and oxygen atoms in total. The number of thiophene rings is 1. The van der Waals surface area contributed by atoms with Gasteiger partial charge < -0.3 is 9.47 Å². The van der Waals surface area contributed by atoms with Gasteiger partial charge in [0.1, 0.15) is 0 Å². The lowest BCUT2D eigenvalue weighted by Crippen LogP contribution is -2.11. The van der Waals surface area contributed by atoms with E-state index in [0.717, 1.165) is 22.7 Å². The first-order valence-electron chi connectivity index (χ1n) is 18.8. The molecular weight excluding hydrogens is 685 g/mol. The van der Waals surface area contributed by atoms with E-state index in [-0.39, 0.29) is 0 Å². The van der Waals surface area contributed by atoms with Crippen LogP contribution < -0.4 is 4.90 Å². The molecule has 2 aromatic heterocycles. The minimum atomic E-state index is 1.10. The molecule has 0 bridgehead atoms. The molecule has 0 N–H and O–H groups in total. The SMILES string of the molecule is c1ccc(-c2cccc(N(c3ccc(-c4ccc5sc6cc7ccccc7cc6c5c4)cc3)c3cccc4c5ccccc5n(-c5ccccc5)c34)c2)cc1. The molecule has 0 amide bonds. The van der Waals surface area contributed by atoms with Crippen LogP contribution in [0.15, 0.2) is 206 Å². The molecule has 9 aromatic carbocycles. The van der Waals surface area contributed by atoms with E-state index in [1.807, 2.05) is 11.3 Å². The van der Waals surface area contributed by atoms with Gasteiger partial charge in [-0.25, -0.2) is 0 Å². The molecule has 0 fully saturated rings. The summed E-state index contributed by atoms with van der Waals surface area (Å²) in [4.78, 5) is 2.43. The van der Waals surface area contributed by atoms with Crippen LogP contribution in [0.4, 0.5) is 17.1 Å². The Labute approximate surface area is 323 Å². The lowest BCUT2D eigenvalue weighted by Gasteiger charge is -2.28. The normalized spacial score (nSPS) is 11.6.